The van der Waals surface area contributed by atoms with Crippen molar-refractivity contribution in [3.05, 3.63) is 76.5 Å². The number of amides is 1. The van der Waals surface area contributed by atoms with Crippen LogP contribution in [0.1, 0.15) is 24.1 Å². The van der Waals surface area contributed by atoms with E-state index < -0.39 is 0 Å². The number of carbonyl (C=O) groups is 1. The summed E-state index contributed by atoms with van der Waals surface area (Å²) in [7, 11) is 1.63. The van der Waals surface area contributed by atoms with E-state index >= 15 is 0 Å². The summed E-state index contributed by atoms with van der Waals surface area (Å²) in [6.45, 7) is 0.639. The quantitative estimate of drug-likeness (QED) is 0.697. The molecule has 7 heteroatoms. The number of aromatic nitrogens is 4. The van der Waals surface area contributed by atoms with Gasteiger partial charge in [-0.05, 0) is 18.1 Å². The molecule has 1 N–H and O–H groups in total. The number of hydrogen-bond donors (Lipinski definition) is 1. The average molecular weight is 350 g/mol. The summed E-state index contributed by atoms with van der Waals surface area (Å²) in [4.78, 5) is 23.4. The fourth-order valence-corrected chi connectivity index (χ4v) is 2.57. The lowest BCUT2D eigenvalue weighted by Gasteiger charge is -2.05. The van der Waals surface area contributed by atoms with Gasteiger partial charge < -0.3 is 5.32 Å². The average Bonchev–Trinajstić information content (AvgIpc) is 3.13. The molecular formula is C19H20N5O2. The molecule has 0 saturated carbocycles. The van der Waals surface area contributed by atoms with Crippen molar-refractivity contribution in [1.29, 1.82) is 0 Å². The maximum absolute atomic E-state index is 12.1. The molecule has 0 saturated heterocycles. The van der Waals surface area contributed by atoms with Crippen molar-refractivity contribution >= 4 is 5.91 Å². The molecule has 2 aromatic heterocycles. The fourth-order valence-electron chi connectivity index (χ4n) is 2.57. The highest BCUT2D eigenvalue weighted by Gasteiger charge is 2.07. The molecule has 0 unspecified atom stereocenters. The second-order valence-corrected chi connectivity index (χ2v) is 5.90. The minimum absolute atomic E-state index is 0.0160. The number of benzene rings is 1. The summed E-state index contributed by atoms with van der Waals surface area (Å²) in [5.74, 6) is 0.0160. The van der Waals surface area contributed by atoms with Gasteiger partial charge in [0.25, 0.3) is 0 Å². The highest BCUT2D eigenvalue weighted by atomic mass is 16.1. The van der Waals surface area contributed by atoms with Gasteiger partial charge in [-0.15, -0.1) is 0 Å². The monoisotopic (exact) mass is 350 g/mol. The summed E-state index contributed by atoms with van der Waals surface area (Å²) < 4.78 is 3.41. The van der Waals surface area contributed by atoms with Crippen molar-refractivity contribution < 1.29 is 4.79 Å². The molecule has 0 aliphatic heterocycles. The maximum Gasteiger partial charge on any atom is 0.219 e. The molecule has 3 aromatic rings. The van der Waals surface area contributed by atoms with E-state index in [0.29, 0.717) is 31.5 Å². The van der Waals surface area contributed by atoms with Gasteiger partial charge in [-0.2, -0.15) is 10.2 Å². The molecule has 3 rings (SSSR count). The SMILES string of the molecule is CNC(=O)CCCn1cc(-n2ccc(=O)c(Cc3c[c]ccc3)n2)cn1. The Kier molecular flexibility index (Phi) is 5.58. The molecule has 0 aliphatic rings. The van der Waals surface area contributed by atoms with Crippen LogP contribution in [-0.2, 0) is 17.8 Å². The first-order valence-electron chi connectivity index (χ1n) is 8.43. The highest BCUT2D eigenvalue weighted by molar-refractivity contribution is 5.75. The lowest BCUT2D eigenvalue weighted by atomic mass is 10.1. The third-order valence-electron chi connectivity index (χ3n) is 3.98. The van der Waals surface area contributed by atoms with Crippen LogP contribution < -0.4 is 10.7 Å². The minimum Gasteiger partial charge on any atom is -0.359 e. The molecule has 2 heterocycles. The Balaban J connectivity index is 1.72. The zero-order valence-electron chi connectivity index (χ0n) is 14.6. The second-order valence-electron chi connectivity index (χ2n) is 5.90. The molecule has 1 aromatic carbocycles. The Morgan fingerprint density at radius 1 is 1.35 bits per heavy atom. The zero-order valence-corrected chi connectivity index (χ0v) is 14.6. The van der Waals surface area contributed by atoms with Crippen LogP contribution in [0.15, 0.2) is 53.7 Å². The standard InChI is InChI=1S/C19H20N5O2/c1-20-19(26)8-5-10-23-14-16(13-21-23)24-11-9-18(25)17(22-24)12-15-6-3-2-4-7-15/h2-3,6-7,9,11,13-14H,5,8,10,12H2,1H3,(H,20,26). The number of carbonyl (C=O) groups excluding carboxylic acids is 1. The van der Waals surface area contributed by atoms with E-state index in [1.807, 2.05) is 30.5 Å². The zero-order chi connectivity index (χ0) is 18.4. The van der Waals surface area contributed by atoms with Crippen molar-refractivity contribution in [2.75, 3.05) is 7.05 Å². The summed E-state index contributed by atoms with van der Waals surface area (Å²) in [5, 5.41) is 11.3. The first-order chi connectivity index (χ1) is 12.7. The molecule has 0 aliphatic carbocycles. The van der Waals surface area contributed by atoms with Gasteiger partial charge in [0, 0.05) is 38.7 Å². The molecular weight excluding hydrogens is 330 g/mol. The highest BCUT2D eigenvalue weighted by Crippen LogP contribution is 2.07. The second kappa shape index (κ2) is 8.24. The van der Waals surface area contributed by atoms with Gasteiger partial charge in [-0.3, -0.25) is 14.3 Å². The first kappa shape index (κ1) is 17.6. The van der Waals surface area contributed by atoms with Crippen LogP contribution in [0.2, 0.25) is 0 Å². The van der Waals surface area contributed by atoms with E-state index in [2.05, 4.69) is 21.6 Å². The predicted octanol–water partition coefficient (Wildman–Crippen LogP) is 1.35. The Labute approximate surface area is 151 Å². The van der Waals surface area contributed by atoms with Crippen LogP contribution in [0.25, 0.3) is 5.69 Å². The predicted molar refractivity (Wildman–Crippen MR) is 97.0 cm³/mol. The topological polar surface area (TPSA) is 81.8 Å². The van der Waals surface area contributed by atoms with Crippen LogP contribution in [0.5, 0.6) is 0 Å². The summed E-state index contributed by atoms with van der Waals surface area (Å²) >= 11 is 0. The van der Waals surface area contributed by atoms with Gasteiger partial charge in [0.15, 0.2) is 0 Å². The van der Waals surface area contributed by atoms with Gasteiger partial charge in [0.2, 0.25) is 11.3 Å². The van der Waals surface area contributed by atoms with Gasteiger partial charge in [-0.25, -0.2) is 4.68 Å². The van der Waals surface area contributed by atoms with Crippen molar-refractivity contribution in [1.82, 2.24) is 24.9 Å². The number of aryl methyl sites for hydroxylation is 1. The van der Waals surface area contributed by atoms with Crippen LogP contribution in [0.3, 0.4) is 0 Å². The van der Waals surface area contributed by atoms with E-state index in [1.165, 1.54) is 6.07 Å². The molecule has 1 amide bonds. The minimum atomic E-state index is -0.0944. The van der Waals surface area contributed by atoms with Gasteiger partial charge in [-0.1, -0.05) is 24.3 Å². The van der Waals surface area contributed by atoms with E-state index in [0.717, 1.165) is 11.3 Å². The maximum atomic E-state index is 12.1. The van der Waals surface area contributed by atoms with Crippen LogP contribution in [-0.4, -0.2) is 32.5 Å². The fraction of sp³-hybridized carbons (Fsp3) is 0.263. The molecule has 0 fully saturated rings. The largest absolute Gasteiger partial charge is 0.359 e. The smallest absolute Gasteiger partial charge is 0.219 e. The van der Waals surface area contributed by atoms with Crippen LogP contribution in [0.4, 0.5) is 0 Å². The van der Waals surface area contributed by atoms with Crippen molar-refractivity contribution in [3.63, 3.8) is 0 Å². The van der Waals surface area contributed by atoms with Crippen molar-refractivity contribution in [2.24, 2.45) is 0 Å². The summed E-state index contributed by atoms with van der Waals surface area (Å²) in [5.41, 5.74) is 2.13. The summed E-state index contributed by atoms with van der Waals surface area (Å²) in [6, 6.07) is 12.0. The normalized spacial score (nSPS) is 10.7. The van der Waals surface area contributed by atoms with Gasteiger partial charge >= 0.3 is 0 Å². The van der Waals surface area contributed by atoms with Crippen molar-refractivity contribution in [3.8, 4) is 5.69 Å². The number of nitrogens with one attached hydrogen (secondary N) is 1. The lowest BCUT2D eigenvalue weighted by molar-refractivity contribution is -0.120. The van der Waals surface area contributed by atoms with Crippen LogP contribution in [0, 0.1) is 6.07 Å². The van der Waals surface area contributed by atoms with Gasteiger partial charge in [0.05, 0.1) is 12.4 Å². The Morgan fingerprint density at radius 2 is 2.23 bits per heavy atom. The first-order valence-corrected chi connectivity index (χ1v) is 8.43. The number of nitrogens with zero attached hydrogens (tertiary/aromatic N) is 4. The Morgan fingerprint density at radius 3 is 3.00 bits per heavy atom. The van der Waals surface area contributed by atoms with Crippen molar-refractivity contribution in [2.45, 2.75) is 25.8 Å². The van der Waals surface area contributed by atoms with E-state index in [-0.39, 0.29) is 11.3 Å². The van der Waals surface area contributed by atoms with E-state index in [1.54, 1.807) is 28.8 Å². The molecule has 0 bridgehead atoms. The molecule has 133 valence electrons. The molecule has 1 radical (unpaired) electrons. The van der Waals surface area contributed by atoms with E-state index in [4.69, 9.17) is 0 Å². The Hall–Kier alpha value is -3.22. The van der Waals surface area contributed by atoms with Crippen LogP contribution >= 0.6 is 0 Å². The van der Waals surface area contributed by atoms with E-state index in [9.17, 15) is 9.59 Å². The molecule has 26 heavy (non-hydrogen) atoms. The molecule has 7 nitrogen and oxygen atoms in total. The molecule has 0 atom stereocenters. The number of hydrogen-bond acceptors (Lipinski definition) is 4. The van der Waals surface area contributed by atoms with Gasteiger partial charge in [0.1, 0.15) is 11.4 Å². The lowest BCUT2D eigenvalue weighted by Crippen LogP contribution is -2.17. The summed E-state index contributed by atoms with van der Waals surface area (Å²) in [6.07, 6.45) is 6.79. The molecule has 0 spiro atoms. The number of rotatable bonds is 7. The Bertz CT molecular complexity index is 930. The third-order valence-corrected chi connectivity index (χ3v) is 3.98. The third kappa shape index (κ3) is 4.44.